The van der Waals surface area contributed by atoms with Crippen LogP contribution in [0.5, 0.6) is 0 Å². The fourth-order valence-corrected chi connectivity index (χ4v) is 3.51. The normalized spacial score (nSPS) is 11.0. The summed E-state index contributed by atoms with van der Waals surface area (Å²) in [6.07, 6.45) is 5.01. The summed E-state index contributed by atoms with van der Waals surface area (Å²) in [6, 6.07) is 8.73. The Kier molecular flexibility index (Phi) is 5.99. The van der Waals surface area contributed by atoms with E-state index < -0.39 is 0 Å². The van der Waals surface area contributed by atoms with Crippen LogP contribution in [0.15, 0.2) is 28.4 Å². The first-order valence-corrected chi connectivity index (χ1v) is 8.17. The van der Waals surface area contributed by atoms with Crippen LogP contribution in [0.4, 0.5) is 0 Å². The van der Waals surface area contributed by atoms with Gasteiger partial charge in [0.2, 0.25) is 0 Å². The molecule has 0 aliphatic heterocycles. The van der Waals surface area contributed by atoms with Crippen molar-refractivity contribution in [3.05, 3.63) is 39.5 Å². The fourth-order valence-electron chi connectivity index (χ4n) is 1.10. The minimum atomic E-state index is 0.139. The number of unbranched alkanes of at least 4 members (excludes halogenated alkanes) is 1. The summed E-state index contributed by atoms with van der Waals surface area (Å²) in [6.45, 7) is 4.39. The quantitative estimate of drug-likeness (QED) is 0.572. The molecular weight excluding hydrogens is 284 g/mol. The van der Waals surface area contributed by atoms with E-state index in [1.807, 2.05) is 0 Å². The Hall–Kier alpha value is -0.250. The van der Waals surface area contributed by atoms with E-state index in [0.717, 1.165) is 0 Å². The molecular formula is C13H18Te. The van der Waals surface area contributed by atoms with E-state index in [1.54, 1.807) is 0 Å². The van der Waals surface area contributed by atoms with Crippen molar-refractivity contribution >= 4 is 27.0 Å². The van der Waals surface area contributed by atoms with E-state index in [-0.39, 0.29) is 20.9 Å². The Bertz CT molecular complexity index is 272. The molecule has 0 aliphatic carbocycles. The third kappa shape index (κ3) is 4.84. The maximum absolute atomic E-state index is 2.41. The van der Waals surface area contributed by atoms with Gasteiger partial charge in [-0.1, -0.05) is 0 Å². The molecule has 0 saturated heterocycles. The van der Waals surface area contributed by atoms with Crippen LogP contribution in [0.1, 0.15) is 30.9 Å². The fraction of sp³-hybridized carbons (Fsp3) is 0.385. The summed E-state index contributed by atoms with van der Waals surface area (Å²) < 4.78 is 3.86. The molecule has 14 heavy (non-hydrogen) atoms. The van der Waals surface area contributed by atoms with Gasteiger partial charge in [-0.3, -0.25) is 0 Å². The summed E-state index contributed by atoms with van der Waals surface area (Å²) in [5.74, 6) is 0. The van der Waals surface area contributed by atoms with E-state index in [1.165, 1.54) is 28.4 Å². The van der Waals surface area contributed by atoms with Crippen LogP contribution in [-0.4, -0.2) is 20.9 Å². The number of rotatable bonds is 5. The average Bonchev–Trinajstić information content (AvgIpc) is 2.21. The second kappa shape index (κ2) is 7.10. The van der Waals surface area contributed by atoms with Gasteiger partial charge in [-0.25, -0.2) is 0 Å². The van der Waals surface area contributed by atoms with Gasteiger partial charge >= 0.3 is 97.7 Å². The Morgan fingerprint density at radius 1 is 1.21 bits per heavy atom. The molecule has 0 aromatic heterocycles. The SMILES string of the molecule is CCCC[Te]/C=C\c1ccc(C)cc1. The van der Waals surface area contributed by atoms with Crippen LogP contribution in [0.2, 0.25) is 4.47 Å². The number of benzene rings is 1. The van der Waals surface area contributed by atoms with Crippen molar-refractivity contribution in [2.75, 3.05) is 0 Å². The summed E-state index contributed by atoms with van der Waals surface area (Å²) >= 11 is 0.139. The van der Waals surface area contributed by atoms with Crippen LogP contribution in [-0.2, 0) is 0 Å². The molecule has 1 aromatic rings. The zero-order valence-corrected chi connectivity index (χ0v) is 11.3. The van der Waals surface area contributed by atoms with Gasteiger partial charge in [0, 0.05) is 0 Å². The Labute approximate surface area is 97.5 Å². The van der Waals surface area contributed by atoms with Crippen LogP contribution in [0.25, 0.3) is 6.08 Å². The molecule has 0 N–H and O–H groups in total. The zero-order valence-electron chi connectivity index (χ0n) is 8.99. The van der Waals surface area contributed by atoms with E-state index in [2.05, 4.69) is 48.3 Å². The Balaban J connectivity index is 2.33. The summed E-state index contributed by atoms with van der Waals surface area (Å²) in [4.78, 5) is 0. The van der Waals surface area contributed by atoms with Crippen molar-refractivity contribution in [3.8, 4) is 0 Å². The van der Waals surface area contributed by atoms with Gasteiger partial charge in [-0.2, -0.15) is 0 Å². The zero-order chi connectivity index (χ0) is 10.2. The topological polar surface area (TPSA) is 0 Å². The number of aryl methyl sites for hydroxylation is 1. The van der Waals surface area contributed by atoms with Gasteiger partial charge in [-0.15, -0.1) is 0 Å². The predicted molar refractivity (Wildman–Crippen MR) is 65.7 cm³/mol. The Morgan fingerprint density at radius 3 is 2.57 bits per heavy atom. The minimum absolute atomic E-state index is 0.139. The third-order valence-corrected chi connectivity index (χ3v) is 4.48. The third-order valence-electron chi connectivity index (χ3n) is 2.05. The number of hydrogen-bond donors (Lipinski definition) is 0. The molecule has 1 aromatic carbocycles. The molecule has 0 fully saturated rings. The van der Waals surface area contributed by atoms with Gasteiger partial charge in [-0.05, 0) is 0 Å². The molecule has 0 atom stereocenters. The molecule has 0 radical (unpaired) electrons. The molecule has 76 valence electrons. The second-order valence-electron chi connectivity index (χ2n) is 3.44. The molecule has 0 unspecified atom stereocenters. The van der Waals surface area contributed by atoms with Crippen LogP contribution >= 0.6 is 0 Å². The molecule has 0 amide bonds. The van der Waals surface area contributed by atoms with Gasteiger partial charge in [0.05, 0.1) is 0 Å². The van der Waals surface area contributed by atoms with E-state index >= 15 is 0 Å². The van der Waals surface area contributed by atoms with Crippen LogP contribution < -0.4 is 0 Å². The van der Waals surface area contributed by atoms with E-state index in [9.17, 15) is 0 Å². The van der Waals surface area contributed by atoms with Crippen LogP contribution in [0.3, 0.4) is 0 Å². The first-order valence-electron chi connectivity index (χ1n) is 5.17. The average molecular weight is 302 g/mol. The number of hydrogen-bond acceptors (Lipinski definition) is 0. The second-order valence-corrected chi connectivity index (χ2v) is 6.33. The first-order chi connectivity index (χ1) is 6.83. The van der Waals surface area contributed by atoms with Crippen LogP contribution in [0, 0.1) is 6.92 Å². The summed E-state index contributed by atoms with van der Waals surface area (Å²) in [7, 11) is 0. The van der Waals surface area contributed by atoms with Gasteiger partial charge < -0.3 is 0 Å². The van der Waals surface area contributed by atoms with Gasteiger partial charge in [0.1, 0.15) is 0 Å². The summed E-state index contributed by atoms with van der Waals surface area (Å²) in [5, 5.41) is 0. The standard InChI is InChI=1S/C13H18Te/c1-3-4-10-14-11-9-13-7-5-12(2)6-8-13/h5-9,11H,3-4,10H2,1-2H3/b11-9-. The van der Waals surface area contributed by atoms with Crippen molar-refractivity contribution < 1.29 is 0 Å². The maximum atomic E-state index is 2.41. The molecule has 0 bridgehead atoms. The van der Waals surface area contributed by atoms with Crippen molar-refractivity contribution in [3.63, 3.8) is 0 Å². The molecule has 0 heterocycles. The van der Waals surface area contributed by atoms with E-state index in [4.69, 9.17) is 0 Å². The molecule has 0 saturated carbocycles. The molecule has 1 heteroatoms. The molecule has 0 spiro atoms. The van der Waals surface area contributed by atoms with Gasteiger partial charge in [0.15, 0.2) is 0 Å². The molecule has 0 nitrogen and oxygen atoms in total. The van der Waals surface area contributed by atoms with Crippen molar-refractivity contribution in [1.82, 2.24) is 0 Å². The first kappa shape index (κ1) is 11.8. The predicted octanol–water partition coefficient (Wildman–Crippen LogP) is 3.89. The van der Waals surface area contributed by atoms with Crippen molar-refractivity contribution in [2.24, 2.45) is 0 Å². The van der Waals surface area contributed by atoms with Gasteiger partial charge in [0.25, 0.3) is 0 Å². The van der Waals surface area contributed by atoms with E-state index in [0.29, 0.717) is 0 Å². The van der Waals surface area contributed by atoms with Crippen molar-refractivity contribution in [1.29, 1.82) is 0 Å². The molecule has 1 rings (SSSR count). The monoisotopic (exact) mass is 304 g/mol. The molecule has 0 aliphatic rings. The Morgan fingerprint density at radius 2 is 1.93 bits per heavy atom. The van der Waals surface area contributed by atoms with Crippen molar-refractivity contribution in [2.45, 2.75) is 31.2 Å². The summed E-state index contributed by atoms with van der Waals surface area (Å²) in [5.41, 5.74) is 2.68.